The van der Waals surface area contributed by atoms with Crippen molar-refractivity contribution in [3.8, 4) is 5.88 Å². The molecule has 0 N–H and O–H groups in total. The maximum absolute atomic E-state index is 12.6. The Labute approximate surface area is 254 Å². The molecule has 0 spiro atoms. The molecule has 0 radical (unpaired) electrons. The first-order valence-electron chi connectivity index (χ1n) is 15.7. The van der Waals surface area contributed by atoms with E-state index in [1.807, 2.05) is 47.7 Å². The average Bonchev–Trinajstić information content (AvgIpc) is 2.91. The Kier molecular flexibility index (Phi) is 16.9. The van der Waals surface area contributed by atoms with Crippen molar-refractivity contribution in [2.75, 3.05) is 25.6 Å². The van der Waals surface area contributed by atoms with Crippen LogP contribution in [0.1, 0.15) is 119 Å². The molecule has 0 aliphatic heterocycles. The number of nitrogens with zero attached hydrogens (tertiary/aromatic N) is 2. The SMILES string of the molecule is Cc1cnc(SCCCCCCOC(=O)C(C)(C)C(C)C)nc1OCCCCCCOC(=O)C(C)(C(C)C)C(C)C. The van der Waals surface area contributed by atoms with Crippen LogP contribution in [0.2, 0.25) is 0 Å². The summed E-state index contributed by atoms with van der Waals surface area (Å²) in [4.78, 5) is 33.9. The second kappa shape index (κ2) is 18.7. The van der Waals surface area contributed by atoms with Gasteiger partial charge in [-0.15, -0.1) is 0 Å². The molecule has 0 bridgehead atoms. The zero-order valence-electron chi connectivity index (χ0n) is 27.6. The number of esters is 2. The van der Waals surface area contributed by atoms with Gasteiger partial charge in [-0.3, -0.25) is 9.59 Å². The van der Waals surface area contributed by atoms with E-state index in [-0.39, 0.29) is 29.7 Å². The third-order valence-electron chi connectivity index (χ3n) is 8.72. The van der Waals surface area contributed by atoms with Crippen LogP contribution in [0.5, 0.6) is 5.88 Å². The van der Waals surface area contributed by atoms with Gasteiger partial charge in [0, 0.05) is 17.5 Å². The number of hydrogen-bond acceptors (Lipinski definition) is 8. The smallest absolute Gasteiger partial charge is 0.312 e. The molecule has 0 saturated heterocycles. The lowest BCUT2D eigenvalue weighted by Crippen LogP contribution is -2.39. The van der Waals surface area contributed by atoms with Crippen LogP contribution in [0.3, 0.4) is 0 Å². The van der Waals surface area contributed by atoms with E-state index in [2.05, 4.69) is 37.7 Å². The van der Waals surface area contributed by atoms with Gasteiger partial charge in [0.2, 0.25) is 5.88 Å². The van der Waals surface area contributed by atoms with E-state index in [0.717, 1.165) is 67.8 Å². The zero-order valence-corrected chi connectivity index (χ0v) is 28.5. The van der Waals surface area contributed by atoms with Crippen LogP contribution in [0.25, 0.3) is 0 Å². The summed E-state index contributed by atoms with van der Waals surface area (Å²) in [5.74, 6) is 2.16. The summed E-state index contributed by atoms with van der Waals surface area (Å²) in [6, 6.07) is 0. The van der Waals surface area contributed by atoms with Crippen molar-refractivity contribution in [1.82, 2.24) is 9.97 Å². The standard InChI is InChI=1S/C33H58N2O5S/c1-24(2)32(8,9)29(36)39-20-17-13-14-18-22-41-31-34-23-27(7)28(35-31)38-19-15-11-12-16-21-40-30(37)33(10,25(3)4)26(5)6/h23-26H,11-22H2,1-10H3. The van der Waals surface area contributed by atoms with Gasteiger partial charge in [0.1, 0.15) is 0 Å². The minimum absolute atomic E-state index is 0.0808. The van der Waals surface area contributed by atoms with E-state index in [9.17, 15) is 9.59 Å². The van der Waals surface area contributed by atoms with Crippen molar-refractivity contribution in [2.45, 2.75) is 126 Å². The van der Waals surface area contributed by atoms with Crippen LogP contribution in [0, 0.1) is 35.5 Å². The minimum atomic E-state index is -0.441. The molecule has 7 nitrogen and oxygen atoms in total. The summed E-state index contributed by atoms with van der Waals surface area (Å²) in [6.45, 7) is 21.9. The maximum Gasteiger partial charge on any atom is 0.312 e. The van der Waals surface area contributed by atoms with Gasteiger partial charge < -0.3 is 14.2 Å². The normalized spacial score (nSPS) is 12.3. The van der Waals surface area contributed by atoms with Crippen LogP contribution < -0.4 is 4.74 Å². The Morgan fingerprint density at radius 1 is 0.756 bits per heavy atom. The van der Waals surface area contributed by atoms with Gasteiger partial charge >= 0.3 is 11.9 Å². The van der Waals surface area contributed by atoms with Gasteiger partial charge in [-0.05, 0) is 84.0 Å². The van der Waals surface area contributed by atoms with E-state index in [1.165, 1.54) is 0 Å². The molecule has 236 valence electrons. The molecule has 0 aliphatic carbocycles. The number of rotatable bonds is 21. The summed E-state index contributed by atoms with van der Waals surface area (Å²) < 4.78 is 17.0. The number of aromatic nitrogens is 2. The molecular formula is C33H58N2O5S. The van der Waals surface area contributed by atoms with Gasteiger partial charge in [-0.2, -0.15) is 4.98 Å². The molecule has 0 unspecified atom stereocenters. The summed E-state index contributed by atoms with van der Waals surface area (Å²) in [5, 5.41) is 0.743. The highest BCUT2D eigenvalue weighted by molar-refractivity contribution is 7.99. The molecule has 41 heavy (non-hydrogen) atoms. The number of aryl methyl sites for hydroxylation is 1. The summed E-state index contributed by atoms with van der Waals surface area (Å²) in [5.41, 5.74) is 0.0622. The Morgan fingerprint density at radius 2 is 1.27 bits per heavy atom. The molecule has 1 aromatic heterocycles. The van der Waals surface area contributed by atoms with Crippen molar-refractivity contribution in [2.24, 2.45) is 28.6 Å². The van der Waals surface area contributed by atoms with E-state index in [0.29, 0.717) is 25.7 Å². The van der Waals surface area contributed by atoms with Crippen LogP contribution >= 0.6 is 11.8 Å². The first-order chi connectivity index (χ1) is 19.2. The highest BCUT2D eigenvalue weighted by atomic mass is 32.2. The molecule has 1 aromatic rings. The first kappa shape index (κ1) is 37.2. The molecule has 0 fully saturated rings. The van der Waals surface area contributed by atoms with Crippen LogP contribution in [-0.4, -0.2) is 47.5 Å². The first-order valence-corrected chi connectivity index (χ1v) is 16.7. The van der Waals surface area contributed by atoms with E-state index < -0.39 is 10.8 Å². The van der Waals surface area contributed by atoms with Gasteiger partial charge in [-0.1, -0.05) is 66.1 Å². The van der Waals surface area contributed by atoms with Crippen molar-refractivity contribution in [3.63, 3.8) is 0 Å². The molecule has 0 amide bonds. The quantitative estimate of drug-likeness (QED) is 0.0606. The monoisotopic (exact) mass is 594 g/mol. The number of carbonyl (C=O) groups excluding carboxylic acids is 2. The van der Waals surface area contributed by atoms with Crippen molar-refractivity contribution in [1.29, 1.82) is 0 Å². The molecule has 0 saturated carbocycles. The Balaban J connectivity index is 2.21. The third kappa shape index (κ3) is 12.5. The van der Waals surface area contributed by atoms with Crippen molar-refractivity contribution < 1.29 is 23.8 Å². The fourth-order valence-electron chi connectivity index (χ4n) is 4.12. The molecular weight excluding hydrogens is 536 g/mol. The zero-order chi connectivity index (χ0) is 31.1. The molecule has 0 aromatic carbocycles. The lowest BCUT2D eigenvalue weighted by molar-refractivity contribution is -0.161. The fraction of sp³-hybridized carbons (Fsp3) is 0.818. The topological polar surface area (TPSA) is 87.6 Å². The molecule has 1 rings (SSSR count). The van der Waals surface area contributed by atoms with Crippen LogP contribution in [0.4, 0.5) is 0 Å². The summed E-state index contributed by atoms with van der Waals surface area (Å²) in [6.07, 6.45) is 9.72. The van der Waals surface area contributed by atoms with E-state index in [4.69, 9.17) is 14.2 Å². The number of ether oxygens (including phenoxy) is 3. The lowest BCUT2D eigenvalue weighted by atomic mass is 9.70. The Bertz CT molecular complexity index is 909. The number of thioether (sulfide) groups is 1. The highest BCUT2D eigenvalue weighted by Crippen LogP contribution is 2.36. The summed E-state index contributed by atoms with van der Waals surface area (Å²) >= 11 is 1.65. The molecule has 8 heteroatoms. The predicted octanol–water partition coefficient (Wildman–Crippen LogP) is 8.46. The average molecular weight is 595 g/mol. The third-order valence-corrected chi connectivity index (χ3v) is 9.67. The van der Waals surface area contributed by atoms with Gasteiger partial charge in [-0.25, -0.2) is 4.98 Å². The second-order valence-electron chi connectivity index (χ2n) is 12.9. The Hall–Kier alpha value is -1.83. The lowest BCUT2D eigenvalue weighted by Gasteiger charge is -2.35. The van der Waals surface area contributed by atoms with Crippen LogP contribution in [0.15, 0.2) is 11.4 Å². The van der Waals surface area contributed by atoms with Gasteiger partial charge in [0.15, 0.2) is 5.16 Å². The largest absolute Gasteiger partial charge is 0.477 e. The van der Waals surface area contributed by atoms with Gasteiger partial charge in [0.05, 0.1) is 30.7 Å². The highest BCUT2D eigenvalue weighted by Gasteiger charge is 2.41. The number of hydrogen-bond donors (Lipinski definition) is 0. The molecule has 0 atom stereocenters. The maximum atomic E-state index is 12.6. The number of unbranched alkanes of at least 4 members (excludes halogenated alkanes) is 6. The van der Waals surface area contributed by atoms with Crippen molar-refractivity contribution >= 4 is 23.7 Å². The predicted molar refractivity (Wildman–Crippen MR) is 168 cm³/mol. The fourth-order valence-corrected chi connectivity index (χ4v) is 4.93. The number of carbonyl (C=O) groups is 2. The second-order valence-corrected chi connectivity index (χ2v) is 14.0. The summed E-state index contributed by atoms with van der Waals surface area (Å²) in [7, 11) is 0. The minimum Gasteiger partial charge on any atom is -0.477 e. The van der Waals surface area contributed by atoms with Crippen LogP contribution in [-0.2, 0) is 19.1 Å². The Morgan fingerprint density at radius 3 is 1.80 bits per heavy atom. The molecule has 0 aliphatic rings. The van der Waals surface area contributed by atoms with Crippen molar-refractivity contribution in [3.05, 3.63) is 11.8 Å². The van der Waals surface area contributed by atoms with Gasteiger partial charge in [0.25, 0.3) is 0 Å². The van der Waals surface area contributed by atoms with E-state index >= 15 is 0 Å². The van der Waals surface area contributed by atoms with E-state index in [1.54, 1.807) is 11.8 Å². The molecule has 1 heterocycles.